The molecular weight excluding hydrogens is 146 g/mol. The summed E-state index contributed by atoms with van der Waals surface area (Å²) in [7, 11) is 1.38. The maximum atomic E-state index is 10.8. The van der Waals surface area contributed by atoms with E-state index in [2.05, 4.69) is 4.74 Å². The first-order valence-corrected chi connectivity index (χ1v) is 3.65. The van der Waals surface area contributed by atoms with Gasteiger partial charge in [0.05, 0.1) is 13.2 Å². The number of carbonyl (C=O) groups is 1. The third kappa shape index (κ3) is 2.17. The van der Waals surface area contributed by atoms with E-state index >= 15 is 0 Å². The fourth-order valence-electron chi connectivity index (χ4n) is 1.08. The Morgan fingerprint density at radius 1 is 1.91 bits per heavy atom. The molecule has 1 saturated heterocycles. The number of β-amino-alcohol motifs (C(OH)–C–C–N with tert-alkyl or cyclic N) is 1. The molecule has 4 nitrogen and oxygen atoms in total. The van der Waals surface area contributed by atoms with Crippen molar-refractivity contribution in [2.24, 2.45) is 0 Å². The Balaban J connectivity index is 2.21. The van der Waals surface area contributed by atoms with E-state index in [-0.39, 0.29) is 18.1 Å². The van der Waals surface area contributed by atoms with Crippen LogP contribution in [0.2, 0.25) is 0 Å². The average Bonchev–Trinajstić information content (AvgIpc) is 2.65. The molecule has 1 heterocycles. The molecule has 4 heteroatoms. The smallest absolute Gasteiger partial charge is 0.324 e. The topological polar surface area (TPSA) is 49.5 Å². The molecule has 0 aliphatic carbocycles. The molecule has 1 aliphatic heterocycles. The van der Waals surface area contributed by atoms with E-state index in [1.165, 1.54) is 7.11 Å². The minimum Gasteiger partial charge on any atom is -0.468 e. The minimum absolute atomic E-state index is 0.102. The lowest BCUT2D eigenvalue weighted by atomic mass is 10.4. The van der Waals surface area contributed by atoms with Crippen molar-refractivity contribution in [2.45, 2.75) is 19.1 Å². The van der Waals surface area contributed by atoms with Gasteiger partial charge < -0.3 is 9.84 Å². The highest BCUT2D eigenvalue weighted by atomic mass is 16.5. The number of esters is 1. The summed E-state index contributed by atoms with van der Waals surface area (Å²) in [6, 6.07) is -0.102. The van der Waals surface area contributed by atoms with Gasteiger partial charge in [-0.05, 0) is 6.92 Å². The quantitative estimate of drug-likeness (QED) is 0.433. The Bertz CT molecular complexity index is 158. The van der Waals surface area contributed by atoms with Crippen LogP contribution in [0.15, 0.2) is 0 Å². The lowest BCUT2D eigenvalue weighted by molar-refractivity contribution is -0.140. The van der Waals surface area contributed by atoms with Crippen LogP contribution in [0, 0.1) is 0 Å². The molecule has 64 valence electrons. The largest absolute Gasteiger partial charge is 0.468 e. The van der Waals surface area contributed by atoms with Crippen LogP contribution in [-0.2, 0) is 9.53 Å². The molecule has 1 N–H and O–H groups in total. The maximum absolute atomic E-state index is 10.8. The fraction of sp³-hybridized carbons (Fsp3) is 0.857. The van der Waals surface area contributed by atoms with Crippen molar-refractivity contribution in [2.75, 3.05) is 20.2 Å². The molecule has 0 aromatic heterocycles. The second-order valence-corrected chi connectivity index (χ2v) is 2.84. The first-order chi connectivity index (χ1) is 5.15. The number of carbonyl (C=O) groups excluding carboxylic acids is 1. The molecule has 1 aliphatic rings. The second-order valence-electron chi connectivity index (χ2n) is 2.84. The van der Waals surface area contributed by atoms with Gasteiger partial charge in [0, 0.05) is 13.1 Å². The monoisotopic (exact) mass is 159 g/mol. The second kappa shape index (κ2) is 3.19. The predicted molar refractivity (Wildman–Crippen MR) is 39.1 cm³/mol. The van der Waals surface area contributed by atoms with Crippen molar-refractivity contribution in [1.82, 2.24) is 4.90 Å². The molecule has 0 bridgehead atoms. The van der Waals surface area contributed by atoms with Crippen LogP contribution in [0.1, 0.15) is 6.92 Å². The number of methoxy groups -OCH3 is 1. The fourth-order valence-corrected chi connectivity index (χ4v) is 1.08. The summed E-state index contributed by atoms with van der Waals surface area (Å²) in [4.78, 5) is 12.7. The van der Waals surface area contributed by atoms with Crippen molar-refractivity contribution < 1.29 is 14.6 Å². The minimum atomic E-state index is -0.371. The molecular formula is C7H13NO3. The van der Waals surface area contributed by atoms with E-state index in [9.17, 15) is 4.79 Å². The van der Waals surface area contributed by atoms with Crippen LogP contribution < -0.4 is 0 Å². The van der Waals surface area contributed by atoms with Crippen LogP contribution in [0.4, 0.5) is 0 Å². The molecule has 0 saturated carbocycles. The van der Waals surface area contributed by atoms with Gasteiger partial charge in [0.25, 0.3) is 0 Å². The summed E-state index contributed by atoms with van der Waals surface area (Å²) in [5.41, 5.74) is 0. The van der Waals surface area contributed by atoms with Crippen molar-refractivity contribution in [3.8, 4) is 0 Å². The van der Waals surface area contributed by atoms with E-state index in [4.69, 9.17) is 5.11 Å². The molecule has 1 fully saturated rings. The Kier molecular flexibility index (Phi) is 2.46. The van der Waals surface area contributed by atoms with Gasteiger partial charge in [-0.15, -0.1) is 0 Å². The predicted octanol–water partition coefficient (Wildman–Crippen LogP) is -0.776. The van der Waals surface area contributed by atoms with Gasteiger partial charge in [-0.2, -0.15) is 0 Å². The number of rotatable bonds is 3. The highest BCUT2D eigenvalue weighted by molar-refractivity contribution is 5.78. The van der Waals surface area contributed by atoms with Gasteiger partial charge in [-0.25, -0.2) is 0 Å². The van der Waals surface area contributed by atoms with Crippen LogP contribution >= 0.6 is 0 Å². The van der Waals surface area contributed by atoms with E-state index in [1.54, 1.807) is 6.92 Å². The number of nitrogens with zero attached hydrogens (tertiary/aromatic N) is 1. The zero-order chi connectivity index (χ0) is 8.43. The highest BCUT2D eigenvalue weighted by Gasteiger charge is 2.41. The Morgan fingerprint density at radius 2 is 2.55 bits per heavy atom. The first-order valence-electron chi connectivity index (χ1n) is 3.65. The third-order valence-electron chi connectivity index (χ3n) is 1.69. The van der Waals surface area contributed by atoms with E-state index < -0.39 is 0 Å². The zero-order valence-electron chi connectivity index (χ0n) is 6.78. The Hall–Kier alpha value is -0.610. The van der Waals surface area contributed by atoms with Gasteiger partial charge in [0.15, 0.2) is 0 Å². The van der Waals surface area contributed by atoms with Crippen molar-refractivity contribution in [3.05, 3.63) is 0 Å². The molecule has 0 aromatic carbocycles. The summed E-state index contributed by atoms with van der Waals surface area (Å²) in [5, 5.41) is 8.94. The maximum Gasteiger partial charge on any atom is 0.324 e. The summed E-state index contributed by atoms with van der Waals surface area (Å²) < 4.78 is 4.52. The number of aliphatic hydroxyl groups excluding tert-OH is 1. The highest BCUT2D eigenvalue weighted by Crippen LogP contribution is 2.18. The number of hydrogen-bond acceptors (Lipinski definition) is 4. The van der Waals surface area contributed by atoms with E-state index in [0.717, 1.165) is 6.54 Å². The number of ether oxygens (including phenoxy) is 1. The van der Waals surface area contributed by atoms with Crippen molar-refractivity contribution in [1.29, 1.82) is 0 Å². The summed E-state index contributed by atoms with van der Waals surface area (Å²) in [6.45, 7) is 2.98. The molecule has 0 spiro atoms. The van der Waals surface area contributed by atoms with Gasteiger partial charge >= 0.3 is 5.97 Å². The number of aliphatic hydroxyl groups is 1. The zero-order valence-corrected chi connectivity index (χ0v) is 6.78. The Morgan fingerprint density at radius 3 is 3.00 bits per heavy atom. The van der Waals surface area contributed by atoms with E-state index in [1.807, 2.05) is 4.90 Å². The van der Waals surface area contributed by atoms with Crippen LogP contribution in [0.3, 0.4) is 0 Å². The molecule has 0 amide bonds. The van der Waals surface area contributed by atoms with Crippen LogP contribution in [0.25, 0.3) is 0 Å². The lowest BCUT2D eigenvalue weighted by Gasteiger charge is -2.04. The molecule has 3 atom stereocenters. The SMILES string of the molecule is COC(=O)C1CN1CC(C)O. The lowest BCUT2D eigenvalue weighted by Crippen LogP contribution is -2.21. The summed E-state index contributed by atoms with van der Waals surface area (Å²) in [5.74, 6) is -0.203. The van der Waals surface area contributed by atoms with E-state index in [0.29, 0.717) is 6.54 Å². The molecule has 1 rings (SSSR count). The first kappa shape index (κ1) is 8.49. The standard InChI is InChI=1S/C7H13NO3/c1-5(9)3-8-4-6(8)7(10)11-2/h5-6,9H,3-4H2,1-2H3. The number of hydrogen-bond donors (Lipinski definition) is 1. The van der Waals surface area contributed by atoms with Gasteiger partial charge in [-0.3, -0.25) is 9.69 Å². The molecule has 0 aromatic rings. The van der Waals surface area contributed by atoms with Gasteiger partial charge in [-0.1, -0.05) is 0 Å². The average molecular weight is 159 g/mol. The van der Waals surface area contributed by atoms with Gasteiger partial charge in [0.2, 0.25) is 0 Å². The molecule has 11 heavy (non-hydrogen) atoms. The molecule has 0 radical (unpaired) electrons. The van der Waals surface area contributed by atoms with Crippen molar-refractivity contribution in [3.63, 3.8) is 0 Å². The van der Waals surface area contributed by atoms with Crippen molar-refractivity contribution >= 4 is 5.97 Å². The Labute approximate surface area is 65.8 Å². The van der Waals surface area contributed by atoms with Crippen LogP contribution in [-0.4, -0.2) is 48.3 Å². The molecule has 3 unspecified atom stereocenters. The van der Waals surface area contributed by atoms with Gasteiger partial charge in [0.1, 0.15) is 6.04 Å². The van der Waals surface area contributed by atoms with Crippen LogP contribution in [0.5, 0.6) is 0 Å². The normalized spacial score (nSPS) is 31.2. The summed E-state index contributed by atoms with van der Waals surface area (Å²) in [6.07, 6.45) is -0.371. The summed E-state index contributed by atoms with van der Waals surface area (Å²) >= 11 is 0. The third-order valence-corrected chi connectivity index (χ3v) is 1.69.